The second kappa shape index (κ2) is 5.54. The molecule has 1 N–H and O–H groups in total. The molecule has 17 heavy (non-hydrogen) atoms. The average molecular weight is 233 g/mol. The van der Waals surface area contributed by atoms with Crippen LogP contribution in [-0.4, -0.2) is 18.7 Å². The van der Waals surface area contributed by atoms with Gasteiger partial charge in [-0.1, -0.05) is 19.1 Å². The maximum atomic E-state index is 5.76. The molecule has 1 aromatic carbocycles. The summed E-state index contributed by atoms with van der Waals surface area (Å²) in [4.78, 5) is 0. The van der Waals surface area contributed by atoms with Crippen molar-refractivity contribution >= 4 is 0 Å². The minimum atomic E-state index is 0.244. The van der Waals surface area contributed by atoms with E-state index in [1.54, 1.807) is 0 Å². The Morgan fingerprint density at radius 3 is 2.94 bits per heavy atom. The van der Waals surface area contributed by atoms with Gasteiger partial charge in [0.25, 0.3) is 0 Å². The zero-order valence-electron chi connectivity index (χ0n) is 11.1. The Bertz CT molecular complexity index is 362. The molecule has 1 saturated heterocycles. The first kappa shape index (κ1) is 12.4. The van der Waals surface area contributed by atoms with Gasteiger partial charge >= 0.3 is 0 Å². The second-order valence-corrected chi connectivity index (χ2v) is 5.10. The molecule has 0 aromatic heterocycles. The summed E-state index contributed by atoms with van der Waals surface area (Å²) in [5.41, 5.74) is 1.42. The van der Waals surface area contributed by atoms with E-state index in [9.17, 15) is 0 Å². The van der Waals surface area contributed by atoms with Crippen LogP contribution in [0.5, 0.6) is 5.75 Å². The molecule has 2 atom stereocenters. The van der Waals surface area contributed by atoms with Gasteiger partial charge < -0.3 is 10.1 Å². The van der Waals surface area contributed by atoms with E-state index in [2.05, 4.69) is 44.3 Å². The molecule has 2 heteroatoms. The predicted octanol–water partition coefficient (Wildman–Crippen LogP) is 3.33. The standard InChI is InChI=1S/C15H23NO/c1-4-15-14(8-9-16-15)12-6-5-7-13(10-12)17-11(2)3/h5-7,10-11,14-16H,4,8-9H2,1-3H3. The lowest BCUT2D eigenvalue weighted by molar-refractivity contribution is 0.242. The van der Waals surface area contributed by atoms with Crippen molar-refractivity contribution in [2.24, 2.45) is 0 Å². The van der Waals surface area contributed by atoms with Crippen LogP contribution in [0.4, 0.5) is 0 Å². The van der Waals surface area contributed by atoms with Gasteiger partial charge in [-0.05, 0) is 50.9 Å². The smallest absolute Gasteiger partial charge is 0.119 e. The van der Waals surface area contributed by atoms with E-state index in [0.717, 1.165) is 12.3 Å². The summed E-state index contributed by atoms with van der Waals surface area (Å²) in [7, 11) is 0. The first-order valence-corrected chi connectivity index (χ1v) is 6.70. The molecular weight excluding hydrogens is 210 g/mol. The summed E-state index contributed by atoms with van der Waals surface area (Å²) < 4.78 is 5.76. The molecule has 2 rings (SSSR count). The topological polar surface area (TPSA) is 21.3 Å². The SMILES string of the molecule is CCC1NCCC1c1cccc(OC(C)C)c1. The third-order valence-electron chi connectivity index (χ3n) is 3.45. The van der Waals surface area contributed by atoms with E-state index in [1.807, 2.05) is 6.07 Å². The molecular formula is C15H23NO. The van der Waals surface area contributed by atoms with Crippen molar-refractivity contribution in [3.8, 4) is 5.75 Å². The van der Waals surface area contributed by atoms with Crippen LogP contribution < -0.4 is 10.1 Å². The van der Waals surface area contributed by atoms with Gasteiger partial charge in [-0.25, -0.2) is 0 Å². The molecule has 0 aliphatic carbocycles. The predicted molar refractivity (Wildman–Crippen MR) is 71.6 cm³/mol. The third kappa shape index (κ3) is 3.01. The van der Waals surface area contributed by atoms with Gasteiger partial charge in [0.2, 0.25) is 0 Å². The largest absolute Gasteiger partial charge is 0.491 e. The zero-order chi connectivity index (χ0) is 12.3. The molecule has 0 spiro atoms. The molecule has 1 fully saturated rings. The van der Waals surface area contributed by atoms with Crippen molar-refractivity contribution in [3.05, 3.63) is 29.8 Å². The molecule has 1 aromatic rings. The molecule has 1 heterocycles. The summed E-state index contributed by atoms with van der Waals surface area (Å²) in [6.45, 7) is 7.53. The van der Waals surface area contributed by atoms with E-state index >= 15 is 0 Å². The lowest BCUT2D eigenvalue weighted by Gasteiger charge is -2.19. The molecule has 0 amide bonds. The Morgan fingerprint density at radius 2 is 2.24 bits per heavy atom. The summed E-state index contributed by atoms with van der Waals surface area (Å²) in [6.07, 6.45) is 2.68. The van der Waals surface area contributed by atoms with Crippen LogP contribution in [0.2, 0.25) is 0 Å². The van der Waals surface area contributed by atoms with Gasteiger partial charge in [0.15, 0.2) is 0 Å². The van der Waals surface area contributed by atoms with Crippen LogP contribution >= 0.6 is 0 Å². The maximum Gasteiger partial charge on any atom is 0.119 e. The Kier molecular flexibility index (Phi) is 4.06. The van der Waals surface area contributed by atoms with Gasteiger partial charge in [0.1, 0.15) is 5.75 Å². The fraction of sp³-hybridized carbons (Fsp3) is 0.600. The van der Waals surface area contributed by atoms with E-state index < -0.39 is 0 Å². The van der Waals surface area contributed by atoms with Crippen LogP contribution in [0.15, 0.2) is 24.3 Å². The number of hydrogen-bond donors (Lipinski definition) is 1. The van der Waals surface area contributed by atoms with Crippen molar-refractivity contribution in [1.29, 1.82) is 0 Å². The fourth-order valence-corrected chi connectivity index (χ4v) is 2.69. The van der Waals surface area contributed by atoms with Crippen LogP contribution in [-0.2, 0) is 0 Å². The summed E-state index contributed by atoms with van der Waals surface area (Å²) in [5.74, 6) is 1.65. The monoisotopic (exact) mass is 233 g/mol. The van der Waals surface area contributed by atoms with Gasteiger partial charge in [0, 0.05) is 12.0 Å². The molecule has 94 valence electrons. The van der Waals surface area contributed by atoms with Crippen LogP contribution in [0.3, 0.4) is 0 Å². The third-order valence-corrected chi connectivity index (χ3v) is 3.45. The fourth-order valence-electron chi connectivity index (χ4n) is 2.69. The highest BCUT2D eigenvalue weighted by molar-refractivity contribution is 5.32. The van der Waals surface area contributed by atoms with E-state index in [1.165, 1.54) is 18.4 Å². The molecule has 0 saturated carbocycles. The number of rotatable bonds is 4. The quantitative estimate of drug-likeness (QED) is 0.861. The molecule has 2 unspecified atom stereocenters. The van der Waals surface area contributed by atoms with Crippen molar-refractivity contribution in [2.45, 2.75) is 51.7 Å². The number of nitrogens with one attached hydrogen (secondary N) is 1. The molecule has 0 radical (unpaired) electrons. The van der Waals surface area contributed by atoms with Crippen LogP contribution in [0.25, 0.3) is 0 Å². The first-order valence-electron chi connectivity index (χ1n) is 6.70. The van der Waals surface area contributed by atoms with Gasteiger partial charge in [-0.15, -0.1) is 0 Å². The van der Waals surface area contributed by atoms with Gasteiger partial charge in [-0.2, -0.15) is 0 Å². The zero-order valence-corrected chi connectivity index (χ0v) is 11.1. The average Bonchev–Trinajstić information content (AvgIpc) is 2.76. The Hall–Kier alpha value is -1.02. The molecule has 2 nitrogen and oxygen atoms in total. The van der Waals surface area contributed by atoms with E-state index in [4.69, 9.17) is 4.74 Å². The van der Waals surface area contributed by atoms with Gasteiger partial charge in [0.05, 0.1) is 6.10 Å². The number of ether oxygens (including phenoxy) is 1. The van der Waals surface area contributed by atoms with Crippen LogP contribution in [0, 0.1) is 0 Å². The van der Waals surface area contributed by atoms with Crippen molar-refractivity contribution < 1.29 is 4.74 Å². The molecule has 1 aliphatic rings. The van der Waals surface area contributed by atoms with Crippen LogP contribution in [0.1, 0.15) is 45.1 Å². The Balaban J connectivity index is 2.15. The summed E-state index contributed by atoms with van der Waals surface area (Å²) in [5, 5.41) is 3.57. The van der Waals surface area contributed by atoms with Crippen molar-refractivity contribution in [2.75, 3.05) is 6.54 Å². The normalized spacial score (nSPS) is 24.2. The highest BCUT2D eigenvalue weighted by Crippen LogP contribution is 2.31. The molecule has 0 bridgehead atoms. The minimum absolute atomic E-state index is 0.244. The van der Waals surface area contributed by atoms with E-state index in [0.29, 0.717) is 12.0 Å². The Labute approximate surface area is 104 Å². The lowest BCUT2D eigenvalue weighted by atomic mass is 9.90. The Morgan fingerprint density at radius 1 is 1.41 bits per heavy atom. The second-order valence-electron chi connectivity index (χ2n) is 5.10. The summed E-state index contributed by atoms with van der Waals surface area (Å²) in [6, 6.07) is 9.22. The van der Waals surface area contributed by atoms with E-state index in [-0.39, 0.29) is 6.10 Å². The molecule has 1 aliphatic heterocycles. The van der Waals surface area contributed by atoms with Crippen molar-refractivity contribution in [3.63, 3.8) is 0 Å². The minimum Gasteiger partial charge on any atom is -0.491 e. The number of hydrogen-bond acceptors (Lipinski definition) is 2. The van der Waals surface area contributed by atoms with Crippen molar-refractivity contribution in [1.82, 2.24) is 5.32 Å². The van der Waals surface area contributed by atoms with Gasteiger partial charge in [-0.3, -0.25) is 0 Å². The lowest BCUT2D eigenvalue weighted by Crippen LogP contribution is -2.24. The first-order chi connectivity index (χ1) is 8.20. The number of benzene rings is 1. The maximum absolute atomic E-state index is 5.76. The summed E-state index contributed by atoms with van der Waals surface area (Å²) >= 11 is 0. The highest BCUT2D eigenvalue weighted by Gasteiger charge is 2.26. The highest BCUT2D eigenvalue weighted by atomic mass is 16.5.